The van der Waals surface area contributed by atoms with E-state index in [2.05, 4.69) is 217 Å². The van der Waals surface area contributed by atoms with Gasteiger partial charge in [0.25, 0.3) is 0 Å². The molecule has 0 aliphatic carbocycles. The Kier molecular flexibility index (Phi) is 10.5. The molecule has 0 amide bonds. The number of aromatic hydroxyl groups is 1. The van der Waals surface area contributed by atoms with E-state index in [0.717, 1.165) is 90.0 Å². The number of nitrogens with zero attached hydrogens (tertiary/aromatic N) is 3. The van der Waals surface area contributed by atoms with Gasteiger partial charge in [-0.1, -0.05) is 157 Å². The van der Waals surface area contributed by atoms with Crippen LogP contribution in [-0.2, 0) is 10.8 Å². The first kappa shape index (κ1) is 40.4. The molecule has 0 unspecified atom stereocenters. The lowest BCUT2D eigenvalue weighted by Gasteiger charge is -2.26. The molecule has 4 nitrogen and oxygen atoms in total. The van der Waals surface area contributed by atoms with Crippen LogP contribution in [0, 0.1) is 6.92 Å². The highest BCUT2D eigenvalue weighted by Crippen LogP contribution is 2.45. The third-order valence-electron chi connectivity index (χ3n) is 12.5. The minimum Gasteiger partial charge on any atom is -0.507 e. The van der Waals surface area contributed by atoms with Crippen molar-refractivity contribution in [2.45, 2.75) is 65.7 Å². The predicted molar refractivity (Wildman–Crippen MR) is 260 cm³/mol. The Morgan fingerprint density at radius 2 is 1.16 bits per heavy atom. The zero-order valence-corrected chi connectivity index (χ0v) is 36.7. The van der Waals surface area contributed by atoms with Crippen molar-refractivity contribution in [2.75, 3.05) is 0 Å². The molecule has 62 heavy (non-hydrogen) atoms. The average Bonchev–Trinajstić information content (AvgIpc) is 3.69. The number of fused-ring (bicyclic) bond motifs is 1. The zero-order chi connectivity index (χ0) is 43.2. The minimum absolute atomic E-state index is 0.0254. The molecule has 0 atom stereocenters. The van der Waals surface area contributed by atoms with Crippen LogP contribution in [0.15, 0.2) is 176 Å². The van der Waals surface area contributed by atoms with E-state index in [0.29, 0.717) is 11.4 Å². The molecule has 0 fully saturated rings. The first-order valence-electron chi connectivity index (χ1n) is 21.7. The Morgan fingerprint density at radius 1 is 0.532 bits per heavy atom. The van der Waals surface area contributed by atoms with Gasteiger partial charge in [-0.05, 0) is 123 Å². The lowest BCUT2D eigenvalue weighted by molar-refractivity contribution is 0.448. The standard InChI is InChI=1S/C58H53N3O/c1-8-58(6,7)46-27-28-52(48(37-46)41-23-16-11-17-24-41)61-53-26-18-25-47(54(53)60-56(61)49-31-38(2)32-50(55(49)62)57(3,4)5)44-33-43(40-21-14-10-15-22-40)34-45(35-44)51-36-42(29-30-59-51)39-19-12-9-13-20-39/h9-37,62H,8H2,1-7H3. The van der Waals surface area contributed by atoms with E-state index in [1.165, 1.54) is 5.56 Å². The van der Waals surface area contributed by atoms with Crippen LogP contribution in [0.5, 0.6) is 5.75 Å². The number of rotatable bonds is 9. The van der Waals surface area contributed by atoms with Gasteiger partial charge in [0, 0.05) is 28.5 Å². The summed E-state index contributed by atoms with van der Waals surface area (Å²) >= 11 is 0. The molecule has 0 spiro atoms. The van der Waals surface area contributed by atoms with Gasteiger partial charge in [-0.2, -0.15) is 0 Å². The number of phenolic OH excluding ortho intramolecular Hbond substituents is 1. The van der Waals surface area contributed by atoms with E-state index in [9.17, 15) is 5.11 Å². The molecule has 4 heteroatoms. The summed E-state index contributed by atoms with van der Waals surface area (Å²) < 4.78 is 2.28. The predicted octanol–water partition coefficient (Wildman–Crippen LogP) is 15.4. The van der Waals surface area contributed by atoms with Crippen molar-refractivity contribution in [1.82, 2.24) is 14.5 Å². The smallest absolute Gasteiger partial charge is 0.149 e. The fraction of sp³-hybridized carbons (Fsp3) is 0.172. The maximum absolute atomic E-state index is 12.3. The number of pyridine rings is 1. The molecule has 0 saturated carbocycles. The van der Waals surface area contributed by atoms with Crippen LogP contribution in [0.4, 0.5) is 0 Å². The maximum Gasteiger partial charge on any atom is 0.149 e. The Labute approximate surface area is 366 Å². The molecule has 0 aliphatic rings. The van der Waals surface area contributed by atoms with E-state index in [-0.39, 0.29) is 16.6 Å². The van der Waals surface area contributed by atoms with Gasteiger partial charge in [-0.25, -0.2) is 4.98 Å². The summed E-state index contributed by atoms with van der Waals surface area (Å²) in [5.74, 6) is 0.944. The number of imidazole rings is 1. The summed E-state index contributed by atoms with van der Waals surface area (Å²) in [4.78, 5) is 10.6. The third-order valence-corrected chi connectivity index (χ3v) is 12.5. The highest BCUT2D eigenvalue weighted by atomic mass is 16.3. The summed E-state index contributed by atoms with van der Waals surface area (Å²) in [6.07, 6.45) is 2.91. The van der Waals surface area contributed by atoms with Gasteiger partial charge in [-0.15, -0.1) is 0 Å². The second-order valence-corrected chi connectivity index (χ2v) is 18.2. The summed E-state index contributed by atoms with van der Waals surface area (Å²) in [5.41, 5.74) is 17.0. The van der Waals surface area contributed by atoms with Crippen LogP contribution in [0.1, 0.15) is 64.7 Å². The second kappa shape index (κ2) is 16.1. The number of hydrogen-bond donors (Lipinski definition) is 1. The fourth-order valence-corrected chi connectivity index (χ4v) is 8.61. The molecule has 0 radical (unpaired) electrons. The van der Waals surface area contributed by atoms with E-state index in [1.54, 1.807) is 0 Å². The van der Waals surface area contributed by atoms with Gasteiger partial charge >= 0.3 is 0 Å². The molecule has 2 aromatic heterocycles. The topological polar surface area (TPSA) is 50.9 Å². The van der Waals surface area contributed by atoms with Crippen molar-refractivity contribution >= 4 is 11.0 Å². The van der Waals surface area contributed by atoms with Crippen molar-refractivity contribution in [3.05, 3.63) is 193 Å². The normalized spacial score (nSPS) is 11.9. The lowest BCUT2D eigenvalue weighted by atomic mass is 9.81. The SMILES string of the molecule is CCC(C)(C)c1ccc(-n2c(-c3cc(C)cc(C(C)(C)C)c3O)nc3c(-c4cc(-c5ccccc5)cc(-c5cc(-c6ccccc6)ccn5)c4)cccc32)c(-c2ccccc2)c1. The van der Waals surface area contributed by atoms with Crippen LogP contribution >= 0.6 is 0 Å². The molecule has 9 aromatic rings. The Morgan fingerprint density at radius 3 is 1.82 bits per heavy atom. The maximum atomic E-state index is 12.3. The molecule has 7 aromatic carbocycles. The third kappa shape index (κ3) is 7.62. The molecular weight excluding hydrogens is 755 g/mol. The number of aromatic nitrogens is 3. The van der Waals surface area contributed by atoms with E-state index in [1.807, 2.05) is 12.3 Å². The van der Waals surface area contributed by atoms with E-state index >= 15 is 0 Å². The van der Waals surface area contributed by atoms with Crippen molar-refractivity contribution < 1.29 is 5.11 Å². The van der Waals surface area contributed by atoms with Gasteiger partial charge in [0.15, 0.2) is 0 Å². The Balaban J connectivity index is 1.35. The van der Waals surface area contributed by atoms with Crippen molar-refractivity contribution in [3.63, 3.8) is 0 Å². The van der Waals surface area contributed by atoms with Crippen molar-refractivity contribution in [2.24, 2.45) is 0 Å². The average molecular weight is 808 g/mol. The van der Waals surface area contributed by atoms with Crippen molar-refractivity contribution in [1.29, 1.82) is 0 Å². The van der Waals surface area contributed by atoms with Gasteiger partial charge in [0.05, 0.1) is 28.0 Å². The molecular formula is C58H53N3O. The molecule has 0 aliphatic heterocycles. The zero-order valence-electron chi connectivity index (χ0n) is 36.7. The van der Waals surface area contributed by atoms with Gasteiger partial charge in [0.2, 0.25) is 0 Å². The van der Waals surface area contributed by atoms with Gasteiger partial charge < -0.3 is 5.11 Å². The molecule has 0 bridgehead atoms. The molecule has 2 heterocycles. The molecule has 0 saturated heterocycles. The minimum atomic E-state index is -0.296. The van der Waals surface area contributed by atoms with Crippen LogP contribution in [0.25, 0.3) is 83.9 Å². The van der Waals surface area contributed by atoms with Crippen LogP contribution in [0.3, 0.4) is 0 Å². The summed E-state index contributed by atoms with van der Waals surface area (Å²) in [6, 6.07) is 60.2. The first-order valence-corrected chi connectivity index (χ1v) is 21.7. The fourth-order valence-electron chi connectivity index (χ4n) is 8.61. The largest absolute Gasteiger partial charge is 0.507 e. The number of hydrogen-bond acceptors (Lipinski definition) is 3. The van der Waals surface area contributed by atoms with E-state index < -0.39 is 0 Å². The summed E-state index contributed by atoms with van der Waals surface area (Å²) in [6.45, 7) is 15.4. The summed E-state index contributed by atoms with van der Waals surface area (Å²) in [7, 11) is 0. The second-order valence-electron chi connectivity index (χ2n) is 18.2. The number of aryl methyl sites for hydroxylation is 1. The highest BCUT2D eigenvalue weighted by molar-refractivity contribution is 5.98. The molecule has 1 N–H and O–H groups in total. The Hall–Kier alpha value is -7.04. The monoisotopic (exact) mass is 807 g/mol. The van der Waals surface area contributed by atoms with Gasteiger partial charge in [-0.3, -0.25) is 9.55 Å². The number of phenols is 1. The quantitative estimate of drug-likeness (QED) is 0.158. The first-order chi connectivity index (χ1) is 29.9. The van der Waals surface area contributed by atoms with Gasteiger partial charge in [0.1, 0.15) is 11.6 Å². The Bertz CT molecular complexity index is 3060. The van der Waals surface area contributed by atoms with Crippen LogP contribution in [0.2, 0.25) is 0 Å². The van der Waals surface area contributed by atoms with Crippen molar-refractivity contribution in [3.8, 4) is 78.6 Å². The highest BCUT2D eigenvalue weighted by Gasteiger charge is 2.28. The number of para-hydroxylation sites is 1. The number of benzene rings is 7. The summed E-state index contributed by atoms with van der Waals surface area (Å²) in [5, 5.41) is 12.3. The molecule has 9 rings (SSSR count). The lowest BCUT2D eigenvalue weighted by Crippen LogP contribution is -2.16. The van der Waals surface area contributed by atoms with Crippen LogP contribution in [-0.4, -0.2) is 19.6 Å². The van der Waals surface area contributed by atoms with E-state index in [4.69, 9.17) is 9.97 Å². The molecule has 306 valence electrons. The van der Waals surface area contributed by atoms with Crippen LogP contribution < -0.4 is 0 Å².